The van der Waals surface area contributed by atoms with Crippen LogP contribution in [0.1, 0.15) is 27.7 Å². The van der Waals surface area contributed by atoms with E-state index in [1.54, 1.807) is 6.07 Å². The number of aryl methyl sites for hydroxylation is 1. The zero-order valence-corrected chi connectivity index (χ0v) is 19.6. The highest BCUT2D eigenvalue weighted by Gasteiger charge is 2.24. The predicted octanol–water partition coefficient (Wildman–Crippen LogP) is 4.47. The molecule has 0 atom stereocenters. The minimum Gasteiger partial charge on any atom is -0.465 e. The van der Waals surface area contributed by atoms with E-state index in [1.165, 1.54) is 18.4 Å². The third-order valence-electron chi connectivity index (χ3n) is 5.21. The number of methoxy groups -OCH3 is 1. The molecule has 1 saturated heterocycles. The number of carbonyl (C=O) groups is 2. The summed E-state index contributed by atoms with van der Waals surface area (Å²) in [5.74, 6) is -0.547. The summed E-state index contributed by atoms with van der Waals surface area (Å²) in [6.45, 7) is 7.29. The Morgan fingerprint density at radius 1 is 1.17 bits per heavy atom. The smallest absolute Gasteiger partial charge is 0.341 e. The molecular formula is C21H25Cl2N3O3S. The Bertz CT molecular complexity index is 940. The Labute approximate surface area is 190 Å². The summed E-state index contributed by atoms with van der Waals surface area (Å²) in [7, 11) is 1.35. The summed E-state index contributed by atoms with van der Waals surface area (Å²) in [4.78, 5) is 30.2. The number of carbonyl (C=O) groups excluding carboxylic acids is 2. The number of ether oxygens (including phenoxy) is 1. The van der Waals surface area contributed by atoms with Gasteiger partial charge in [0.1, 0.15) is 5.00 Å². The Balaban J connectivity index is 1.59. The van der Waals surface area contributed by atoms with E-state index in [1.807, 2.05) is 26.0 Å². The molecule has 1 amide bonds. The maximum atomic E-state index is 12.6. The lowest BCUT2D eigenvalue weighted by Crippen LogP contribution is -2.48. The minimum atomic E-state index is -0.415. The van der Waals surface area contributed by atoms with Crippen molar-refractivity contribution in [2.45, 2.75) is 20.3 Å². The summed E-state index contributed by atoms with van der Waals surface area (Å²) < 4.78 is 4.92. The molecule has 9 heteroatoms. The van der Waals surface area contributed by atoms with Crippen molar-refractivity contribution in [1.29, 1.82) is 0 Å². The van der Waals surface area contributed by atoms with Crippen molar-refractivity contribution in [2.75, 3.05) is 50.1 Å². The van der Waals surface area contributed by atoms with Gasteiger partial charge in [0.05, 0.1) is 29.3 Å². The molecule has 1 fully saturated rings. The number of hydrogen-bond acceptors (Lipinski definition) is 6. The van der Waals surface area contributed by atoms with E-state index in [4.69, 9.17) is 27.9 Å². The van der Waals surface area contributed by atoms with Gasteiger partial charge in [-0.1, -0.05) is 30.1 Å². The molecule has 1 N–H and O–H groups in total. The fourth-order valence-corrected chi connectivity index (χ4v) is 5.07. The van der Waals surface area contributed by atoms with Crippen LogP contribution in [-0.2, 0) is 16.0 Å². The van der Waals surface area contributed by atoms with Gasteiger partial charge in [-0.05, 0) is 37.1 Å². The van der Waals surface area contributed by atoms with Gasteiger partial charge in [-0.3, -0.25) is 9.69 Å². The molecule has 2 heterocycles. The van der Waals surface area contributed by atoms with Crippen molar-refractivity contribution < 1.29 is 14.3 Å². The normalized spacial score (nSPS) is 14.6. The van der Waals surface area contributed by atoms with Crippen molar-refractivity contribution in [1.82, 2.24) is 4.90 Å². The second kappa shape index (κ2) is 10.0. The van der Waals surface area contributed by atoms with E-state index in [9.17, 15) is 9.59 Å². The first kappa shape index (κ1) is 22.9. The lowest BCUT2D eigenvalue weighted by molar-refractivity contribution is -0.117. The Morgan fingerprint density at radius 2 is 1.87 bits per heavy atom. The summed E-state index contributed by atoms with van der Waals surface area (Å²) in [6, 6.07) is 5.62. The second-order valence-corrected chi connectivity index (χ2v) is 9.13. The van der Waals surface area contributed by atoms with Crippen molar-refractivity contribution in [3.05, 3.63) is 44.2 Å². The molecule has 0 bridgehead atoms. The van der Waals surface area contributed by atoms with Crippen molar-refractivity contribution >= 4 is 57.1 Å². The largest absolute Gasteiger partial charge is 0.465 e. The molecule has 0 aliphatic carbocycles. The number of thiophene rings is 1. The molecule has 0 unspecified atom stereocenters. The van der Waals surface area contributed by atoms with Gasteiger partial charge in [0.25, 0.3) is 0 Å². The van der Waals surface area contributed by atoms with Gasteiger partial charge in [0.15, 0.2) is 0 Å². The molecule has 1 aromatic carbocycles. The number of halogens is 2. The molecule has 1 aliphatic rings. The van der Waals surface area contributed by atoms with Crippen LogP contribution in [-0.4, -0.2) is 56.6 Å². The molecule has 30 heavy (non-hydrogen) atoms. The predicted molar refractivity (Wildman–Crippen MR) is 124 cm³/mol. The van der Waals surface area contributed by atoms with Crippen LogP contribution in [0.25, 0.3) is 0 Å². The molecule has 162 valence electrons. The molecule has 0 spiro atoms. The zero-order chi connectivity index (χ0) is 21.8. The van der Waals surface area contributed by atoms with Crippen molar-refractivity contribution in [2.24, 2.45) is 0 Å². The topological polar surface area (TPSA) is 61.9 Å². The number of piperazine rings is 1. The number of anilines is 2. The first-order valence-corrected chi connectivity index (χ1v) is 11.3. The van der Waals surface area contributed by atoms with E-state index in [2.05, 4.69) is 15.1 Å². The quantitative estimate of drug-likeness (QED) is 0.632. The Morgan fingerprint density at radius 3 is 2.47 bits per heavy atom. The van der Waals surface area contributed by atoms with Gasteiger partial charge in [0.2, 0.25) is 5.91 Å². The molecule has 2 aromatic rings. The molecule has 3 rings (SSSR count). The number of nitrogens with zero attached hydrogens (tertiary/aromatic N) is 2. The van der Waals surface area contributed by atoms with Gasteiger partial charge in [0, 0.05) is 36.7 Å². The Hall–Kier alpha value is -1.80. The summed E-state index contributed by atoms with van der Waals surface area (Å²) in [5.41, 5.74) is 2.43. The average Bonchev–Trinajstić information content (AvgIpc) is 3.04. The van der Waals surface area contributed by atoms with Gasteiger partial charge in [-0.25, -0.2) is 4.79 Å². The highest BCUT2D eigenvalue weighted by Crippen LogP contribution is 2.34. The van der Waals surface area contributed by atoms with Gasteiger partial charge < -0.3 is 15.0 Å². The van der Waals surface area contributed by atoms with Gasteiger partial charge in [-0.2, -0.15) is 0 Å². The number of rotatable bonds is 6. The van der Waals surface area contributed by atoms with Crippen molar-refractivity contribution in [3.8, 4) is 0 Å². The van der Waals surface area contributed by atoms with E-state index in [-0.39, 0.29) is 12.5 Å². The molecule has 0 saturated carbocycles. The third kappa shape index (κ3) is 5.09. The third-order valence-corrected chi connectivity index (χ3v) is 7.01. The van der Waals surface area contributed by atoms with Crippen LogP contribution < -0.4 is 10.2 Å². The minimum absolute atomic E-state index is 0.132. The number of hydrogen-bond donors (Lipinski definition) is 1. The molecule has 1 aromatic heterocycles. The van der Waals surface area contributed by atoms with Crippen molar-refractivity contribution in [3.63, 3.8) is 0 Å². The highest BCUT2D eigenvalue weighted by molar-refractivity contribution is 7.16. The average molecular weight is 470 g/mol. The van der Waals surface area contributed by atoms with Gasteiger partial charge in [-0.15, -0.1) is 11.3 Å². The monoisotopic (exact) mass is 469 g/mol. The van der Waals surface area contributed by atoms with Gasteiger partial charge >= 0.3 is 5.97 Å². The van der Waals surface area contributed by atoms with E-state index < -0.39 is 5.97 Å². The standard InChI is InChI=1S/C21H25Cl2N3O3S/c1-4-15-13(2)30-20(19(15)21(28)29-3)24-18(27)12-25-7-9-26(10-8-25)14-5-6-16(22)17(23)11-14/h5-6,11H,4,7-10,12H2,1-3H3,(H,24,27). The fraction of sp³-hybridized carbons (Fsp3) is 0.429. The lowest BCUT2D eigenvalue weighted by Gasteiger charge is -2.35. The van der Waals surface area contributed by atoms with Crippen LogP contribution in [0.5, 0.6) is 0 Å². The number of nitrogens with one attached hydrogen (secondary N) is 1. The summed E-state index contributed by atoms with van der Waals surface area (Å²) in [6.07, 6.45) is 0.708. The maximum absolute atomic E-state index is 12.6. The Kier molecular flexibility index (Phi) is 7.63. The van der Waals surface area contributed by atoms with Crippen LogP contribution in [0, 0.1) is 6.92 Å². The van der Waals surface area contributed by atoms with E-state index in [0.29, 0.717) is 27.0 Å². The van der Waals surface area contributed by atoms with Crippen LogP contribution in [0.15, 0.2) is 18.2 Å². The summed E-state index contributed by atoms with van der Waals surface area (Å²) >= 11 is 13.5. The molecule has 1 aliphatic heterocycles. The first-order chi connectivity index (χ1) is 14.3. The number of amides is 1. The maximum Gasteiger partial charge on any atom is 0.341 e. The zero-order valence-electron chi connectivity index (χ0n) is 17.3. The van der Waals surface area contributed by atoms with Crippen LogP contribution in [0.2, 0.25) is 10.0 Å². The first-order valence-electron chi connectivity index (χ1n) is 9.76. The summed E-state index contributed by atoms with van der Waals surface area (Å²) in [5, 5.41) is 4.56. The van der Waals surface area contributed by atoms with Crippen LogP contribution in [0.4, 0.5) is 10.7 Å². The number of benzene rings is 1. The molecule has 6 nitrogen and oxygen atoms in total. The lowest BCUT2D eigenvalue weighted by atomic mass is 10.1. The SMILES string of the molecule is CCc1c(C)sc(NC(=O)CN2CCN(c3ccc(Cl)c(Cl)c3)CC2)c1C(=O)OC. The number of esters is 1. The fourth-order valence-electron chi connectivity index (χ4n) is 3.63. The van der Waals surface area contributed by atoms with E-state index in [0.717, 1.165) is 42.3 Å². The van der Waals surface area contributed by atoms with E-state index >= 15 is 0 Å². The second-order valence-electron chi connectivity index (χ2n) is 7.10. The molecular weight excluding hydrogens is 445 g/mol. The molecule has 0 radical (unpaired) electrons. The van der Waals surface area contributed by atoms with Crippen LogP contribution in [0.3, 0.4) is 0 Å². The highest BCUT2D eigenvalue weighted by atomic mass is 35.5. The van der Waals surface area contributed by atoms with Crippen LogP contribution >= 0.6 is 34.5 Å².